The number of aliphatic hydroxyl groups excluding tert-OH is 1. The Hall–Kier alpha value is -1.64. The van der Waals surface area contributed by atoms with Gasteiger partial charge in [0.15, 0.2) is 6.10 Å². The van der Waals surface area contributed by atoms with E-state index in [2.05, 4.69) is 5.10 Å². The highest BCUT2D eigenvalue weighted by molar-refractivity contribution is 5.39. The number of aliphatic hydroxyl groups is 1. The largest absolute Gasteiger partial charge is 0.416 e. The van der Waals surface area contributed by atoms with Gasteiger partial charge in [-0.3, -0.25) is 14.8 Å². The summed E-state index contributed by atoms with van der Waals surface area (Å²) in [4.78, 5) is 9.89. The second-order valence-corrected chi connectivity index (χ2v) is 3.52. The van der Waals surface area contributed by atoms with Gasteiger partial charge in [0, 0.05) is 0 Å². The lowest BCUT2D eigenvalue weighted by molar-refractivity contribution is -0.386. The molecule has 0 saturated carbocycles. The molecule has 0 saturated heterocycles. The SMILES string of the molecule is Cc1nn(CC(O)C(F)(F)F)c(C)c1[N+](=O)[O-]. The molecule has 1 unspecified atom stereocenters. The van der Waals surface area contributed by atoms with Crippen LogP contribution in [-0.2, 0) is 6.54 Å². The summed E-state index contributed by atoms with van der Waals surface area (Å²) < 4.78 is 37.1. The zero-order valence-electron chi connectivity index (χ0n) is 9.02. The molecule has 1 aromatic rings. The molecule has 0 aliphatic heterocycles. The fourth-order valence-electron chi connectivity index (χ4n) is 1.40. The number of halogens is 3. The summed E-state index contributed by atoms with van der Waals surface area (Å²) in [7, 11) is 0. The van der Waals surface area contributed by atoms with E-state index in [0.29, 0.717) is 0 Å². The predicted octanol–water partition coefficient (Wildman–Crippen LogP) is 1.33. The first kappa shape index (κ1) is 13.4. The van der Waals surface area contributed by atoms with E-state index < -0.39 is 23.7 Å². The first-order chi connectivity index (χ1) is 7.64. The lowest BCUT2D eigenvalue weighted by Gasteiger charge is -2.14. The van der Waals surface area contributed by atoms with Gasteiger partial charge >= 0.3 is 11.9 Å². The maximum atomic E-state index is 12.1. The maximum absolute atomic E-state index is 12.1. The topological polar surface area (TPSA) is 81.2 Å². The van der Waals surface area contributed by atoms with Crippen LogP contribution in [0.25, 0.3) is 0 Å². The Bertz CT molecular complexity index is 441. The third kappa shape index (κ3) is 2.73. The van der Waals surface area contributed by atoms with Crippen LogP contribution in [0.4, 0.5) is 18.9 Å². The minimum atomic E-state index is -4.78. The van der Waals surface area contributed by atoms with E-state index in [1.54, 1.807) is 0 Å². The number of rotatable bonds is 3. The molecule has 6 nitrogen and oxygen atoms in total. The van der Waals surface area contributed by atoms with E-state index in [1.165, 1.54) is 13.8 Å². The van der Waals surface area contributed by atoms with Crippen LogP contribution in [0.5, 0.6) is 0 Å². The molecule has 1 rings (SSSR count). The molecule has 0 aromatic carbocycles. The number of nitro groups is 1. The fraction of sp³-hybridized carbons (Fsp3) is 0.625. The molecule has 0 amide bonds. The summed E-state index contributed by atoms with van der Waals surface area (Å²) in [6.45, 7) is 1.74. The number of hydrogen-bond donors (Lipinski definition) is 1. The van der Waals surface area contributed by atoms with Crippen molar-refractivity contribution in [3.8, 4) is 0 Å². The average molecular weight is 253 g/mol. The maximum Gasteiger partial charge on any atom is 0.416 e. The summed E-state index contributed by atoms with van der Waals surface area (Å²) in [5.74, 6) is 0. The molecule has 9 heteroatoms. The van der Waals surface area contributed by atoms with Gasteiger partial charge in [-0.2, -0.15) is 18.3 Å². The number of hydrogen-bond acceptors (Lipinski definition) is 4. The minimum absolute atomic E-state index is 0.0156. The van der Waals surface area contributed by atoms with Crippen molar-refractivity contribution < 1.29 is 23.2 Å². The molecule has 96 valence electrons. The second kappa shape index (κ2) is 4.32. The van der Waals surface area contributed by atoms with Gasteiger partial charge in [-0.1, -0.05) is 0 Å². The lowest BCUT2D eigenvalue weighted by atomic mass is 10.3. The first-order valence-corrected chi connectivity index (χ1v) is 4.57. The van der Waals surface area contributed by atoms with Gasteiger partial charge in [-0.25, -0.2) is 0 Å². The smallest absolute Gasteiger partial charge is 0.382 e. The van der Waals surface area contributed by atoms with Crippen molar-refractivity contribution in [1.82, 2.24) is 9.78 Å². The highest BCUT2D eigenvalue weighted by Gasteiger charge is 2.39. The Morgan fingerprint density at radius 1 is 1.53 bits per heavy atom. The van der Waals surface area contributed by atoms with Crippen LogP contribution in [0.1, 0.15) is 11.4 Å². The molecule has 0 aliphatic rings. The molecule has 1 atom stereocenters. The first-order valence-electron chi connectivity index (χ1n) is 4.57. The van der Waals surface area contributed by atoms with Gasteiger partial charge in [0.2, 0.25) is 0 Å². The third-order valence-corrected chi connectivity index (χ3v) is 2.25. The van der Waals surface area contributed by atoms with Crippen LogP contribution < -0.4 is 0 Å². The molecule has 17 heavy (non-hydrogen) atoms. The molecular weight excluding hydrogens is 243 g/mol. The van der Waals surface area contributed by atoms with E-state index in [1.807, 2.05) is 0 Å². The highest BCUT2D eigenvalue weighted by Crippen LogP contribution is 2.25. The summed E-state index contributed by atoms with van der Waals surface area (Å²) in [5.41, 5.74) is -0.336. The van der Waals surface area contributed by atoms with Crippen molar-refractivity contribution in [2.24, 2.45) is 0 Å². The third-order valence-electron chi connectivity index (χ3n) is 2.25. The van der Waals surface area contributed by atoms with Crippen molar-refractivity contribution in [2.75, 3.05) is 0 Å². The van der Waals surface area contributed by atoms with Crippen molar-refractivity contribution in [3.05, 3.63) is 21.5 Å². The zero-order valence-corrected chi connectivity index (χ0v) is 9.02. The summed E-state index contributed by atoms with van der Waals surface area (Å²) >= 11 is 0. The van der Waals surface area contributed by atoms with Crippen LogP contribution in [0.2, 0.25) is 0 Å². The molecule has 0 aliphatic carbocycles. The van der Waals surface area contributed by atoms with Crippen LogP contribution in [-0.4, -0.2) is 32.1 Å². The molecule has 0 fully saturated rings. The van der Waals surface area contributed by atoms with Gasteiger partial charge in [0.25, 0.3) is 0 Å². The number of aromatic nitrogens is 2. The Balaban J connectivity index is 3.02. The monoisotopic (exact) mass is 253 g/mol. The number of alkyl halides is 3. The van der Waals surface area contributed by atoms with Gasteiger partial charge in [0.05, 0.1) is 11.5 Å². The van der Waals surface area contributed by atoms with E-state index in [0.717, 1.165) is 4.68 Å². The van der Waals surface area contributed by atoms with Gasteiger partial charge in [-0.05, 0) is 13.8 Å². The Kier molecular flexibility index (Phi) is 3.41. The molecule has 1 aromatic heterocycles. The average Bonchev–Trinajstić information content (AvgIpc) is 2.40. The lowest BCUT2D eigenvalue weighted by Crippen LogP contribution is -2.33. The highest BCUT2D eigenvalue weighted by atomic mass is 19.4. The van der Waals surface area contributed by atoms with Crippen molar-refractivity contribution in [1.29, 1.82) is 0 Å². The standard InChI is InChI=1S/C8H10F3N3O3/c1-4-7(14(16)17)5(2)13(12-4)3-6(15)8(9,10)11/h6,15H,3H2,1-2H3. The Morgan fingerprint density at radius 2 is 2.06 bits per heavy atom. The minimum Gasteiger partial charge on any atom is -0.382 e. The van der Waals surface area contributed by atoms with Crippen LogP contribution in [0, 0.1) is 24.0 Å². The van der Waals surface area contributed by atoms with Gasteiger partial charge in [0.1, 0.15) is 11.4 Å². The quantitative estimate of drug-likeness (QED) is 0.650. The normalized spacial score (nSPS) is 13.8. The zero-order chi connectivity index (χ0) is 13.4. The van der Waals surface area contributed by atoms with Crippen LogP contribution in [0.3, 0.4) is 0 Å². The number of aryl methyl sites for hydroxylation is 1. The predicted molar refractivity (Wildman–Crippen MR) is 50.4 cm³/mol. The second-order valence-electron chi connectivity index (χ2n) is 3.52. The molecule has 1 heterocycles. The molecule has 0 radical (unpaired) electrons. The Labute approximate surface area is 93.8 Å². The summed E-state index contributed by atoms with van der Waals surface area (Å²) in [6.07, 6.45) is -7.37. The summed E-state index contributed by atoms with van der Waals surface area (Å²) in [6, 6.07) is 0. The van der Waals surface area contributed by atoms with E-state index in [9.17, 15) is 23.3 Å². The van der Waals surface area contributed by atoms with Crippen molar-refractivity contribution in [2.45, 2.75) is 32.7 Å². The Morgan fingerprint density at radius 3 is 2.41 bits per heavy atom. The van der Waals surface area contributed by atoms with Crippen molar-refractivity contribution >= 4 is 5.69 Å². The molecule has 0 bridgehead atoms. The van der Waals surface area contributed by atoms with Crippen molar-refractivity contribution in [3.63, 3.8) is 0 Å². The van der Waals surface area contributed by atoms with Gasteiger partial charge < -0.3 is 5.11 Å². The fourth-order valence-corrected chi connectivity index (χ4v) is 1.40. The summed E-state index contributed by atoms with van der Waals surface area (Å²) in [5, 5.41) is 23.1. The molecular formula is C8H10F3N3O3. The van der Waals surface area contributed by atoms with Crippen LogP contribution in [0.15, 0.2) is 0 Å². The van der Waals surface area contributed by atoms with Gasteiger partial charge in [-0.15, -0.1) is 0 Å². The van der Waals surface area contributed by atoms with Crippen LogP contribution >= 0.6 is 0 Å². The van der Waals surface area contributed by atoms with E-state index in [4.69, 9.17) is 5.11 Å². The van der Waals surface area contributed by atoms with E-state index >= 15 is 0 Å². The molecule has 1 N–H and O–H groups in total. The van der Waals surface area contributed by atoms with E-state index in [-0.39, 0.29) is 17.1 Å². The molecule has 0 spiro atoms. The number of nitrogens with zero attached hydrogens (tertiary/aromatic N) is 3.